The Kier molecular flexibility index (Phi) is 7.05. The van der Waals surface area contributed by atoms with E-state index in [0.29, 0.717) is 23.0 Å². The van der Waals surface area contributed by atoms with Crippen LogP contribution in [-0.2, 0) is 17.9 Å². The molecule has 2 aromatic heterocycles. The van der Waals surface area contributed by atoms with E-state index in [0.717, 1.165) is 5.56 Å². The molecule has 156 valence electrons. The average molecular weight is 408 g/mol. The highest BCUT2D eigenvalue weighted by atomic mass is 16.5. The molecule has 8 heteroatoms. The van der Waals surface area contributed by atoms with Gasteiger partial charge in [0.2, 0.25) is 0 Å². The fraction of sp³-hybridized carbons (Fsp3) is 0.227. The lowest BCUT2D eigenvalue weighted by atomic mass is 10.1. The van der Waals surface area contributed by atoms with E-state index >= 15 is 0 Å². The number of nitrogens with one attached hydrogen (secondary N) is 3. The lowest BCUT2D eigenvalue weighted by Gasteiger charge is -2.10. The summed E-state index contributed by atoms with van der Waals surface area (Å²) >= 11 is 0. The Morgan fingerprint density at radius 2 is 1.90 bits per heavy atom. The fourth-order valence-corrected chi connectivity index (χ4v) is 2.94. The van der Waals surface area contributed by atoms with Crippen LogP contribution in [0.25, 0.3) is 10.9 Å². The van der Waals surface area contributed by atoms with E-state index < -0.39 is 6.09 Å². The number of amides is 2. The summed E-state index contributed by atoms with van der Waals surface area (Å²) in [5.41, 5.74) is 1.48. The van der Waals surface area contributed by atoms with Gasteiger partial charge in [0.1, 0.15) is 12.1 Å². The summed E-state index contributed by atoms with van der Waals surface area (Å²) in [6.45, 7) is 2.86. The number of pyridine rings is 1. The van der Waals surface area contributed by atoms with Crippen LogP contribution in [0.4, 0.5) is 4.79 Å². The number of nitrogens with zero attached hydrogens (tertiary/aromatic N) is 1. The second-order valence-corrected chi connectivity index (χ2v) is 6.58. The van der Waals surface area contributed by atoms with Gasteiger partial charge in [-0.25, -0.2) is 4.79 Å². The molecule has 2 heterocycles. The zero-order chi connectivity index (χ0) is 21.3. The van der Waals surface area contributed by atoms with Crippen molar-refractivity contribution in [2.45, 2.75) is 20.1 Å². The van der Waals surface area contributed by atoms with Crippen molar-refractivity contribution in [1.82, 2.24) is 20.2 Å². The highest BCUT2D eigenvalue weighted by Gasteiger charge is 2.15. The van der Waals surface area contributed by atoms with Crippen molar-refractivity contribution in [2.24, 2.45) is 0 Å². The van der Waals surface area contributed by atoms with E-state index in [-0.39, 0.29) is 31.2 Å². The lowest BCUT2D eigenvalue weighted by molar-refractivity contribution is 0.0952. The molecule has 8 nitrogen and oxygen atoms in total. The Morgan fingerprint density at radius 3 is 2.67 bits per heavy atom. The van der Waals surface area contributed by atoms with E-state index in [1.54, 1.807) is 18.5 Å². The minimum atomic E-state index is -0.555. The molecule has 0 atom stereocenters. The van der Waals surface area contributed by atoms with Gasteiger partial charge in [0.15, 0.2) is 0 Å². The average Bonchev–Trinajstić information content (AvgIpc) is 3.26. The molecule has 0 radical (unpaired) electrons. The van der Waals surface area contributed by atoms with E-state index in [2.05, 4.69) is 15.6 Å². The third-order valence-electron chi connectivity index (χ3n) is 4.47. The van der Waals surface area contributed by atoms with E-state index in [9.17, 15) is 14.4 Å². The molecule has 3 N–H and O–H groups in total. The minimum Gasteiger partial charge on any atom is -0.445 e. The Hall–Kier alpha value is -3.81. The molecular weight excluding hydrogens is 384 g/mol. The molecule has 3 aromatic rings. The molecule has 30 heavy (non-hydrogen) atoms. The zero-order valence-corrected chi connectivity index (χ0v) is 16.7. The maximum atomic E-state index is 12.6. The standard InChI is InChI=1S/C22H24N4O4/c1-2-3-13-26-14-18(17-9-10-23-19(17)21(26)28)20(27)24-11-12-25-22(29)30-15-16-7-5-4-6-8-16/h2-10,14,23H,11-13,15H2,1H3,(H,24,27)(H,25,29)/b3-2+. The SMILES string of the molecule is C/C=C/Cn1cc(C(=O)NCCNC(=O)OCc2ccccc2)c2cc[nH]c2c1=O. The van der Waals surface area contributed by atoms with Crippen LogP contribution >= 0.6 is 0 Å². The molecule has 0 saturated carbocycles. The number of benzene rings is 1. The second kappa shape index (κ2) is 10.1. The number of carbonyl (C=O) groups excluding carboxylic acids is 2. The fourth-order valence-electron chi connectivity index (χ4n) is 2.94. The first kappa shape index (κ1) is 20.9. The Bertz CT molecular complexity index is 1100. The lowest BCUT2D eigenvalue weighted by Crippen LogP contribution is -2.35. The summed E-state index contributed by atoms with van der Waals surface area (Å²) < 4.78 is 6.60. The van der Waals surface area contributed by atoms with Gasteiger partial charge in [0, 0.05) is 37.4 Å². The maximum Gasteiger partial charge on any atom is 0.407 e. The zero-order valence-electron chi connectivity index (χ0n) is 16.7. The van der Waals surface area contributed by atoms with Crippen molar-refractivity contribution in [3.05, 3.63) is 82.4 Å². The topological polar surface area (TPSA) is 105 Å². The first-order chi connectivity index (χ1) is 14.6. The van der Waals surface area contributed by atoms with Crippen molar-refractivity contribution in [3.8, 4) is 0 Å². The maximum absolute atomic E-state index is 12.6. The number of allylic oxidation sites excluding steroid dienone is 2. The van der Waals surface area contributed by atoms with Crippen LogP contribution in [0.3, 0.4) is 0 Å². The number of aromatic nitrogens is 2. The number of hydrogen-bond donors (Lipinski definition) is 3. The van der Waals surface area contributed by atoms with E-state index in [1.165, 1.54) is 4.57 Å². The molecule has 2 amide bonds. The monoisotopic (exact) mass is 408 g/mol. The number of alkyl carbamates (subject to hydrolysis) is 1. The smallest absolute Gasteiger partial charge is 0.407 e. The quantitative estimate of drug-likeness (QED) is 0.393. The normalized spacial score (nSPS) is 11.0. The third-order valence-corrected chi connectivity index (χ3v) is 4.47. The van der Waals surface area contributed by atoms with Gasteiger partial charge in [0.25, 0.3) is 11.5 Å². The number of carbonyl (C=O) groups is 2. The summed E-state index contributed by atoms with van der Waals surface area (Å²) in [6.07, 6.45) is 6.31. The highest BCUT2D eigenvalue weighted by Crippen LogP contribution is 2.14. The number of rotatable bonds is 8. The van der Waals surface area contributed by atoms with E-state index in [4.69, 9.17) is 4.74 Å². The second-order valence-electron chi connectivity index (χ2n) is 6.58. The Morgan fingerprint density at radius 1 is 1.13 bits per heavy atom. The summed E-state index contributed by atoms with van der Waals surface area (Å²) in [6, 6.07) is 11.1. The van der Waals surface area contributed by atoms with Crippen molar-refractivity contribution in [2.75, 3.05) is 13.1 Å². The molecular formula is C22H24N4O4. The van der Waals surface area contributed by atoms with Crippen LogP contribution < -0.4 is 16.2 Å². The van der Waals surface area contributed by atoms with Gasteiger partial charge in [-0.1, -0.05) is 42.5 Å². The van der Waals surface area contributed by atoms with Crippen LogP contribution in [-0.4, -0.2) is 34.6 Å². The van der Waals surface area contributed by atoms with Crippen LogP contribution in [0.5, 0.6) is 0 Å². The number of aromatic amines is 1. The molecule has 0 aliphatic rings. The van der Waals surface area contributed by atoms with Crippen LogP contribution in [0, 0.1) is 0 Å². The Labute approximate surface area is 173 Å². The van der Waals surface area contributed by atoms with Gasteiger partial charge in [-0.15, -0.1) is 0 Å². The molecule has 3 rings (SSSR count). The van der Waals surface area contributed by atoms with Crippen molar-refractivity contribution >= 4 is 22.9 Å². The van der Waals surface area contributed by atoms with Gasteiger partial charge in [-0.2, -0.15) is 0 Å². The van der Waals surface area contributed by atoms with Crippen LogP contribution in [0.2, 0.25) is 0 Å². The summed E-state index contributed by atoms with van der Waals surface area (Å²) in [7, 11) is 0. The minimum absolute atomic E-state index is 0.179. The van der Waals surface area contributed by atoms with Gasteiger partial charge < -0.3 is 24.9 Å². The number of ether oxygens (including phenoxy) is 1. The van der Waals surface area contributed by atoms with E-state index in [1.807, 2.05) is 49.4 Å². The molecule has 0 spiro atoms. The van der Waals surface area contributed by atoms with Crippen LogP contribution in [0.1, 0.15) is 22.8 Å². The first-order valence-corrected chi connectivity index (χ1v) is 9.64. The molecule has 0 bridgehead atoms. The predicted molar refractivity (Wildman–Crippen MR) is 114 cm³/mol. The van der Waals surface area contributed by atoms with Crippen LogP contribution in [0.15, 0.2) is 65.7 Å². The first-order valence-electron chi connectivity index (χ1n) is 9.64. The highest BCUT2D eigenvalue weighted by molar-refractivity contribution is 6.05. The summed E-state index contributed by atoms with van der Waals surface area (Å²) in [5, 5.41) is 5.91. The predicted octanol–water partition coefficient (Wildman–Crippen LogP) is 2.56. The largest absolute Gasteiger partial charge is 0.445 e. The molecule has 0 aliphatic heterocycles. The molecule has 1 aromatic carbocycles. The summed E-state index contributed by atoms with van der Waals surface area (Å²) in [4.78, 5) is 39.8. The van der Waals surface area contributed by atoms with Gasteiger partial charge in [0.05, 0.1) is 5.56 Å². The third kappa shape index (κ3) is 5.16. The van der Waals surface area contributed by atoms with Gasteiger partial charge in [-0.3, -0.25) is 9.59 Å². The van der Waals surface area contributed by atoms with Crippen molar-refractivity contribution in [1.29, 1.82) is 0 Å². The molecule has 0 unspecified atom stereocenters. The van der Waals surface area contributed by atoms with Crippen molar-refractivity contribution in [3.63, 3.8) is 0 Å². The summed E-state index contributed by atoms with van der Waals surface area (Å²) in [5.74, 6) is -0.326. The Balaban J connectivity index is 1.54. The van der Waals surface area contributed by atoms with Gasteiger partial charge in [-0.05, 0) is 18.6 Å². The number of hydrogen-bond acceptors (Lipinski definition) is 4. The number of H-pyrrole nitrogens is 1. The number of fused-ring (bicyclic) bond motifs is 1. The molecule has 0 saturated heterocycles. The van der Waals surface area contributed by atoms with Crippen molar-refractivity contribution < 1.29 is 14.3 Å². The van der Waals surface area contributed by atoms with Gasteiger partial charge >= 0.3 is 6.09 Å². The molecule has 0 fully saturated rings. The molecule has 0 aliphatic carbocycles.